The van der Waals surface area contributed by atoms with Crippen molar-refractivity contribution in [1.82, 2.24) is 0 Å². The van der Waals surface area contributed by atoms with Crippen LogP contribution in [0.1, 0.15) is 6.92 Å². The number of carbonyl (C=O) groups is 1. The van der Waals surface area contributed by atoms with Gasteiger partial charge in [-0.3, -0.25) is 5.32 Å². The van der Waals surface area contributed by atoms with E-state index in [0.29, 0.717) is 0 Å². The van der Waals surface area contributed by atoms with Crippen LogP contribution in [0.3, 0.4) is 0 Å². The molecule has 0 aliphatic rings. The number of hydrogen-bond donors (Lipinski definition) is 2. The van der Waals surface area contributed by atoms with Crippen molar-refractivity contribution in [2.24, 2.45) is 5.14 Å². The van der Waals surface area contributed by atoms with Gasteiger partial charge in [-0.15, -0.1) is 0 Å². The van der Waals surface area contributed by atoms with E-state index < -0.39 is 21.9 Å². The summed E-state index contributed by atoms with van der Waals surface area (Å²) in [6, 6.07) is 2.81. The Morgan fingerprint density at radius 2 is 2.18 bits per heavy atom. The Bertz CT molecular complexity index is 530. The van der Waals surface area contributed by atoms with Gasteiger partial charge in [0.25, 0.3) is 0 Å². The summed E-state index contributed by atoms with van der Waals surface area (Å²) < 4.78 is 39.8. The standard InChI is InChI=1S/C9H11FN2O4S/c1-2-16-9(13)12-8-5-6(17(11,14)15)3-4-7(8)10/h3-5H,2H2,1H3,(H,12,13)(H2,11,14,15). The van der Waals surface area contributed by atoms with Gasteiger partial charge < -0.3 is 4.74 Å². The van der Waals surface area contributed by atoms with Crippen molar-refractivity contribution in [1.29, 1.82) is 0 Å². The van der Waals surface area contributed by atoms with E-state index >= 15 is 0 Å². The summed E-state index contributed by atoms with van der Waals surface area (Å²) in [5.41, 5.74) is -0.310. The summed E-state index contributed by atoms with van der Waals surface area (Å²) in [7, 11) is -3.95. The molecule has 0 saturated carbocycles. The third-order valence-corrected chi connectivity index (χ3v) is 2.69. The van der Waals surface area contributed by atoms with Crippen molar-refractivity contribution >= 4 is 21.8 Å². The van der Waals surface area contributed by atoms with Crippen molar-refractivity contribution < 1.29 is 22.3 Å². The molecule has 0 heterocycles. The molecule has 17 heavy (non-hydrogen) atoms. The predicted molar refractivity (Wildman–Crippen MR) is 58.4 cm³/mol. The zero-order valence-corrected chi connectivity index (χ0v) is 9.75. The van der Waals surface area contributed by atoms with E-state index in [0.717, 1.165) is 18.2 Å². The molecule has 0 fully saturated rings. The quantitative estimate of drug-likeness (QED) is 0.850. The van der Waals surface area contributed by atoms with Crippen molar-refractivity contribution in [2.75, 3.05) is 11.9 Å². The molecular weight excluding hydrogens is 251 g/mol. The highest BCUT2D eigenvalue weighted by Gasteiger charge is 2.13. The zero-order valence-electron chi connectivity index (χ0n) is 8.94. The lowest BCUT2D eigenvalue weighted by Crippen LogP contribution is -2.16. The summed E-state index contributed by atoms with van der Waals surface area (Å²) >= 11 is 0. The van der Waals surface area contributed by atoms with Crippen molar-refractivity contribution in [3.63, 3.8) is 0 Å². The minimum absolute atomic E-state index is 0.113. The average molecular weight is 262 g/mol. The van der Waals surface area contributed by atoms with Crippen molar-refractivity contribution in [3.05, 3.63) is 24.0 Å². The van der Waals surface area contributed by atoms with Crippen LogP contribution in [-0.4, -0.2) is 21.1 Å². The molecule has 0 atom stereocenters. The fourth-order valence-corrected chi connectivity index (χ4v) is 1.59. The molecule has 0 aromatic heterocycles. The van der Waals surface area contributed by atoms with Crippen LogP contribution in [0.25, 0.3) is 0 Å². The molecule has 0 bridgehead atoms. The number of carbonyl (C=O) groups excluding carboxylic acids is 1. The molecule has 6 nitrogen and oxygen atoms in total. The molecule has 0 spiro atoms. The van der Waals surface area contributed by atoms with Crippen molar-refractivity contribution in [3.8, 4) is 0 Å². The Hall–Kier alpha value is -1.67. The van der Waals surface area contributed by atoms with Crippen molar-refractivity contribution in [2.45, 2.75) is 11.8 Å². The fourth-order valence-electron chi connectivity index (χ4n) is 1.05. The number of amides is 1. The third kappa shape index (κ3) is 3.68. The minimum atomic E-state index is -3.95. The van der Waals surface area contributed by atoms with Crippen LogP contribution in [0, 0.1) is 5.82 Å². The zero-order chi connectivity index (χ0) is 13.1. The highest BCUT2D eigenvalue weighted by Crippen LogP contribution is 2.18. The number of halogens is 1. The Kier molecular flexibility index (Phi) is 4.02. The number of hydrogen-bond acceptors (Lipinski definition) is 4. The number of anilines is 1. The fraction of sp³-hybridized carbons (Fsp3) is 0.222. The molecule has 0 unspecified atom stereocenters. The number of nitrogens with one attached hydrogen (secondary N) is 1. The predicted octanol–water partition coefficient (Wildman–Crippen LogP) is 1.04. The van der Waals surface area contributed by atoms with E-state index in [2.05, 4.69) is 10.1 Å². The molecule has 0 radical (unpaired) electrons. The topological polar surface area (TPSA) is 98.5 Å². The summed E-state index contributed by atoms with van der Waals surface area (Å²) in [6.07, 6.45) is -0.877. The number of rotatable bonds is 3. The number of ether oxygens (including phenoxy) is 1. The first-order valence-corrected chi connectivity index (χ1v) is 6.15. The summed E-state index contributed by atoms with van der Waals surface area (Å²) in [5.74, 6) is -0.787. The number of benzene rings is 1. The highest BCUT2D eigenvalue weighted by molar-refractivity contribution is 7.89. The second kappa shape index (κ2) is 5.11. The molecular formula is C9H11FN2O4S. The summed E-state index contributed by atoms with van der Waals surface area (Å²) in [6.45, 7) is 1.69. The molecule has 0 aliphatic heterocycles. The molecule has 0 saturated heterocycles. The molecule has 1 aromatic rings. The lowest BCUT2D eigenvalue weighted by Gasteiger charge is -2.07. The molecule has 1 amide bonds. The third-order valence-electron chi connectivity index (χ3n) is 1.78. The summed E-state index contributed by atoms with van der Waals surface area (Å²) in [5, 5.41) is 6.94. The Morgan fingerprint density at radius 3 is 2.71 bits per heavy atom. The van der Waals surface area contributed by atoms with Crippen LogP contribution in [0.2, 0.25) is 0 Å². The highest BCUT2D eigenvalue weighted by atomic mass is 32.2. The van der Waals surface area contributed by atoms with Gasteiger partial charge in [-0.05, 0) is 25.1 Å². The second-order valence-electron chi connectivity index (χ2n) is 3.03. The Balaban J connectivity index is 3.03. The van der Waals surface area contributed by atoms with Gasteiger partial charge in [-0.1, -0.05) is 0 Å². The molecule has 3 N–H and O–H groups in total. The van der Waals surface area contributed by atoms with Crippen LogP contribution in [0.15, 0.2) is 23.1 Å². The van der Waals surface area contributed by atoms with Gasteiger partial charge in [-0.2, -0.15) is 0 Å². The lowest BCUT2D eigenvalue weighted by molar-refractivity contribution is 0.168. The molecule has 94 valence electrons. The van der Waals surface area contributed by atoms with Gasteiger partial charge >= 0.3 is 6.09 Å². The van der Waals surface area contributed by atoms with Gasteiger partial charge in [0.1, 0.15) is 5.82 Å². The maximum absolute atomic E-state index is 13.3. The van der Waals surface area contributed by atoms with Gasteiger partial charge in [-0.25, -0.2) is 22.7 Å². The monoisotopic (exact) mass is 262 g/mol. The van der Waals surface area contributed by atoms with E-state index in [1.807, 2.05) is 0 Å². The van der Waals surface area contributed by atoms with Gasteiger partial charge in [0.2, 0.25) is 10.0 Å². The first-order chi connectivity index (χ1) is 7.84. The second-order valence-corrected chi connectivity index (χ2v) is 4.59. The number of primary sulfonamides is 1. The lowest BCUT2D eigenvalue weighted by atomic mass is 10.3. The smallest absolute Gasteiger partial charge is 0.411 e. The first kappa shape index (κ1) is 13.4. The molecule has 1 rings (SSSR count). The summed E-state index contributed by atoms with van der Waals surface area (Å²) in [4.78, 5) is 10.7. The normalized spacial score (nSPS) is 11.0. The van der Waals surface area contributed by atoms with E-state index in [1.54, 1.807) is 6.92 Å². The van der Waals surface area contributed by atoms with Crippen LogP contribution >= 0.6 is 0 Å². The van der Waals surface area contributed by atoms with Crippen LogP contribution in [-0.2, 0) is 14.8 Å². The molecule has 8 heteroatoms. The maximum Gasteiger partial charge on any atom is 0.411 e. The van der Waals surface area contributed by atoms with E-state index in [4.69, 9.17) is 5.14 Å². The van der Waals surface area contributed by atoms with E-state index in [9.17, 15) is 17.6 Å². The van der Waals surface area contributed by atoms with Gasteiger partial charge in [0.05, 0.1) is 17.2 Å². The Labute approximate surface area is 97.6 Å². The molecule has 0 aliphatic carbocycles. The van der Waals surface area contributed by atoms with Crippen LogP contribution < -0.4 is 10.5 Å². The van der Waals surface area contributed by atoms with E-state index in [1.165, 1.54) is 0 Å². The first-order valence-electron chi connectivity index (χ1n) is 4.60. The number of nitrogens with two attached hydrogens (primary N) is 1. The Morgan fingerprint density at radius 1 is 1.53 bits per heavy atom. The van der Waals surface area contributed by atoms with Crippen LogP contribution in [0.4, 0.5) is 14.9 Å². The largest absolute Gasteiger partial charge is 0.450 e. The molecule has 1 aromatic carbocycles. The van der Waals surface area contributed by atoms with E-state index in [-0.39, 0.29) is 17.2 Å². The SMILES string of the molecule is CCOC(=O)Nc1cc(S(N)(=O)=O)ccc1F. The van der Waals surface area contributed by atoms with Gasteiger partial charge in [0, 0.05) is 0 Å². The number of sulfonamides is 1. The van der Waals surface area contributed by atoms with Gasteiger partial charge in [0.15, 0.2) is 0 Å². The maximum atomic E-state index is 13.3. The average Bonchev–Trinajstić information content (AvgIpc) is 2.20. The minimum Gasteiger partial charge on any atom is -0.450 e. The van der Waals surface area contributed by atoms with Crippen LogP contribution in [0.5, 0.6) is 0 Å².